The van der Waals surface area contributed by atoms with E-state index in [2.05, 4.69) is 12.2 Å². The maximum Gasteiger partial charge on any atom is 0.0267 e. The highest BCUT2D eigenvalue weighted by Gasteiger charge is 1.89. The lowest BCUT2D eigenvalue weighted by Crippen LogP contribution is -1.80. The second kappa shape index (κ2) is 3.71. The van der Waals surface area contributed by atoms with Gasteiger partial charge in [-0.15, -0.1) is 0 Å². The van der Waals surface area contributed by atoms with E-state index in [-0.39, 0.29) is 6.40 Å². The van der Waals surface area contributed by atoms with Gasteiger partial charge >= 0.3 is 0 Å². The predicted octanol–water partition coefficient (Wildman–Crippen LogP) is 2.90. The second-order valence-electron chi connectivity index (χ2n) is 2.27. The van der Waals surface area contributed by atoms with Crippen LogP contribution in [0.4, 0.5) is 0 Å². The number of allylic oxidation sites excluding steroid dienone is 2. The smallest absolute Gasteiger partial charge is 0.0267 e. The van der Waals surface area contributed by atoms with E-state index in [1.165, 1.54) is 12.8 Å². The summed E-state index contributed by atoms with van der Waals surface area (Å²) in [6.45, 7) is 0. The van der Waals surface area contributed by atoms with Crippen molar-refractivity contribution in [3.63, 3.8) is 0 Å². The van der Waals surface area contributed by atoms with Gasteiger partial charge in [-0.3, -0.25) is 0 Å². The molecule has 0 saturated heterocycles. The Labute approximate surface area is 53.0 Å². The summed E-state index contributed by atoms with van der Waals surface area (Å²) in [4.78, 5) is 0. The maximum atomic E-state index is 7.48. The van der Waals surface area contributed by atoms with Crippen LogP contribution in [0, 0.1) is 0 Å². The van der Waals surface area contributed by atoms with Crippen molar-refractivity contribution in [2.45, 2.75) is 38.5 Å². The summed E-state index contributed by atoms with van der Waals surface area (Å²) in [5, 5.41) is 0. The number of hydrogen-bond donors (Lipinski definition) is 0. The van der Waals surface area contributed by atoms with E-state index < -0.39 is 0 Å². The summed E-state index contributed by atoms with van der Waals surface area (Å²) in [5.74, 6) is 0. The van der Waals surface area contributed by atoms with Crippen molar-refractivity contribution in [1.29, 1.82) is 0 Å². The molecule has 0 radical (unpaired) electrons. The van der Waals surface area contributed by atoms with E-state index in [1.807, 2.05) is 0 Å². The highest BCUT2D eigenvalue weighted by Crippen LogP contribution is 2.09. The fraction of sp³-hybridized carbons (Fsp3) is 0.750. The summed E-state index contributed by atoms with van der Waals surface area (Å²) >= 11 is 0. The molecule has 0 unspecified atom stereocenters. The van der Waals surface area contributed by atoms with Crippen molar-refractivity contribution in [3.05, 3.63) is 12.2 Å². The first-order chi connectivity index (χ1) is 4.39. The summed E-state index contributed by atoms with van der Waals surface area (Å²) in [7, 11) is 0. The molecule has 0 N–H and O–H groups in total. The molecule has 0 heterocycles. The fourth-order valence-corrected chi connectivity index (χ4v) is 0.974. The quantitative estimate of drug-likeness (QED) is 0.422. The standard InChI is InChI=1S/C8H14/c1-2-4-6-8-7-5-3-1/h1-2H,3-8H2/b2-1+/i7D/t7-/m1/s1. The summed E-state index contributed by atoms with van der Waals surface area (Å²) < 4.78 is 7.48. The molecule has 8 heavy (non-hydrogen) atoms. The molecule has 0 spiro atoms. The molecule has 46 valence electrons. The first-order valence-electron chi connectivity index (χ1n) is 4.04. The molecule has 0 amide bonds. The average Bonchev–Trinajstić information content (AvgIpc) is 1.79. The Morgan fingerprint density at radius 1 is 1.00 bits per heavy atom. The van der Waals surface area contributed by atoms with Gasteiger partial charge in [0.2, 0.25) is 0 Å². The van der Waals surface area contributed by atoms with Gasteiger partial charge in [-0.2, -0.15) is 0 Å². The minimum Gasteiger partial charge on any atom is -0.0885 e. The Bertz CT molecular complexity index is 96.7. The zero-order chi connectivity index (χ0) is 6.53. The molecule has 0 saturated carbocycles. The highest BCUT2D eigenvalue weighted by molar-refractivity contribution is 4.82. The zero-order valence-electron chi connectivity index (χ0n) is 6.27. The van der Waals surface area contributed by atoms with Crippen molar-refractivity contribution in [3.8, 4) is 0 Å². The van der Waals surface area contributed by atoms with E-state index in [0.717, 1.165) is 19.3 Å². The lowest BCUT2D eigenvalue weighted by Gasteiger charge is -2.00. The van der Waals surface area contributed by atoms with E-state index in [9.17, 15) is 0 Å². The molecule has 0 aliphatic heterocycles. The Hall–Kier alpha value is -0.260. The molecule has 0 fully saturated rings. The molecule has 0 nitrogen and oxygen atoms in total. The van der Waals surface area contributed by atoms with Crippen LogP contribution in [0.15, 0.2) is 12.2 Å². The van der Waals surface area contributed by atoms with Crippen LogP contribution >= 0.6 is 0 Å². The molecule has 1 rings (SSSR count). The number of hydrogen-bond acceptors (Lipinski definition) is 0. The number of rotatable bonds is 0. The molecule has 0 heteroatoms. The lowest BCUT2D eigenvalue weighted by atomic mass is 10.1. The summed E-state index contributed by atoms with van der Waals surface area (Å²) in [6.07, 6.45) is 10.4. The van der Waals surface area contributed by atoms with Crippen LogP contribution in [-0.4, -0.2) is 0 Å². The van der Waals surface area contributed by atoms with Crippen molar-refractivity contribution in [1.82, 2.24) is 0 Å². The van der Waals surface area contributed by atoms with E-state index >= 15 is 0 Å². The van der Waals surface area contributed by atoms with Gasteiger partial charge in [0.25, 0.3) is 0 Å². The largest absolute Gasteiger partial charge is 0.0885 e. The van der Waals surface area contributed by atoms with Gasteiger partial charge in [0, 0.05) is 1.37 Å². The molecular weight excluding hydrogens is 96.1 g/mol. The molecule has 1 atom stereocenters. The molecule has 0 bridgehead atoms. The minimum absolute atomic E-state index is 0.218. The Morgan fingerprint density at radius 2 is 1.75 bits per heavy atom. The fourth-order valence-electron chi connectivity index (χ4n) is 0.974. The third kappa shape index (κ3) is 2.15. The normalized spacial score (nSPS) is 37.0. The Morgan fingerprint density at radius 3 is 2.62 bits per heavy atom. The predicted molar refractivity (Wildman–Crippen MR) is 36.8 cm³/mol. The SMILES string of the molecule is [2H][C@@H]1CC/C=C/CCC1. The van der Waals surface area contributed by atoms with Crippen LogP contribution in [0.2, 0.25) is 0 Å². The van der Waals surface area contributed by atoms with Crippen LogP contribution in [-0.2, 0) is 0 Å². The molecule has 0 aromatic carbocycles. The van der Waals surface area contributed by atoms with Gasteiger partial charge < -0.3 is 0 Å². The minimum atomic E-state index is 0.218. The van der Waals surface area contributed by atoms with Crippen LogP contribution in [0.3, 0.4) is 0 Å². The van der Waals surface area contributed by atoms with Gasteiger partial charge in [0.1, 0.15) is 0 Å². The van der Waals surface area contributed by atoms with Gasteiger partial charge in [-0.25, -0.2) is 0 Å². The highest BCUT2D eigenvalue weighted by atomic mass is 14.0. The van der Waals surface area contributed by atoms with Gasteiger partial charge in [0.05, 0.1) is 0 Å². The lowest BCUT2D eigenvalue weighted by molar-refractivity contribution is 0.638. The molecule has 1 aliphatic carbocycles. The monoisotopic (exact) mass is 111 g/mol. The molecular formula is C8H14. The summed E-state index contributed by atoms with van der Waals surface area (Å²) in [5.41, 5.74) is 0. The van der Waals surface area contributed by atoms with Crippen LogP contribution in [0.1, 0.15) is 39.9 Å². The van der Waals surface area contributed by atoms with Crippen molar-refractivity contribution in [2.24, 2.45) is 0 Å². The van der Waals surface area contributed by atoms with Crippen molar-refractivity contribution in [2.75, 3.05) is 0 Å². The van der Waals surface area contributed by atoms with Crippen molar-refractivity contribution < 1.29 is 1.37 Å². The molecule has 1 aliphatic rings. The van der Waals surface area contributed by atoms with Gasteiger partial charge in [-0.1, -0.05) is 25.0 Å². The second-order valence-corrected chi connectivity index (χ2v) is 2.27. The first-order valence-corrected chi connectivity index (χ1v) is 3.47. The third-order valence-electron chi connectivity index (χ3n) is 1.48. The van der Waals surface area contributed by atoms with Crippen LogP contribution < -0.4 is 0 Å². The zero-order valence-corrected chi connectivity index (χ0v) is 5.27. The topological polar surface area (TPSA) is 0 Å². The molecule has 0 aromatic rings. The van der Waals surface area contributed by atoms with Crippen LogP contribution in [0.5, 0.6) is 0 Å². The van der Waals surface area contributed by atoms with E-state index in [1.54, 1.807) is 0 Å². The van der Waals surface area contributed by atoms with E-state index in [4.69, 9.17) is 1.37 Å². The van der Waals surface area contributed by atoms with Crippen LogP contribution in [0.25, 0.3) is 0 Å². The van der Waals surface area contributed by atoms with Crippen molar-refractivity contribution >= 4 is 0 Å². The Kier molecular flexibility index (Phi) is 2.13. The van der Waals surface area contributed by atoms with Gasteiger partial charge in [0.15, 0.2) is 0 Å². The third-order valence-corrected chi connectivity index (χ3v) is 1.48. The first kappa shape index (κ1) is 4.60. The van der Waals surface area contributed by atoms with Gasteiger partial charge in [-0.05, 0) is 25.7 Å². The molecule has 0 aromatic heterocycles. The Balaban J connectivity index is 2.27. The van der Waals surface area contributed by atoms with E-state index in [0.29, 0.717) is 0 Å². The maximum absolute atomic E-state index is 7.48. The average molecular weight is 111 g/mol. The summed E-state index contributed by atoms with van der Waals surface area (Å²) in [6, 6.07) is 0.